The van der Waals surface area contributed by atoms with Gasteiger partial charge in [0, 0.05) is 0 Å². The van der Waals surface area contributed by atoms with Gasteiger partial charge < -0.3 is 4.98 Å². The van der Waals surface area contributed by atoms with Crippen molar-refractivity contribution in [1.82, 2.24) is 9.97 Å². The van der Waals surface area contributed by atoms with Crippen molar-refractivity contribution in [3.05, 3.63) is 28.8 Å². The highest BCUT2D eigenvalue weighted by Gasteiger charge is 2.35. The molecule has 0 aliphatic heterocycles. The number of nitrogens with one attached hydrogen (secondary N) is 1. The molecule has 2 aromatic rings. The van der Waals surface area contributed by atoms with Gasteiger partial charge in [0.05, 0.1) is 5.52 Å². The highest BCUT2D eigenvalue weighted by atomic mass is 35.5. The van der Waals surface area contributed by atoms with E-state index in [1.54, 1.807) is 0 Å². The summed E-state index contributed by atoms with van der Waals surface area (Å²) in [6.07, 6.45) is -4.60. The van der Waals surface area contributed by atoms with Crippen LogP contribution in [0.3, 0.4) is 0 Å². The maximum Gasteiger partial charge on any atom is 0.449 e. The summed E-state index contributed by atoms with van der Waals surface area (Å²) < 4.78 is 49.6. The predicted octanol–water partition coefficient (Wildman–Crippen LogP) is 3.37. The van der Waals surface area contributed by atoms with Crippen molar-refractivity contribution >= 4 is 22.6 Å². The molecule has 0 spiro atoms. The van der Waals surface area contributed by atoms with Gasteiger partial charge >= 0.3 is 6.18 Å². The Hall–Kier alpha value is -1.30. The van der Waals surface area contributed by atoms with Crippen molar-refractivity contribution in [1.29, 1.82) is 0 Å². The van der Waals surface area contributed by atoms with Crippen LogP contribution in [0, 0.1) is 5.82 Å². The Balaban J connectivity index is 2.72. The lowest BCUT2D eigenvalue weighted by atomic mass is 10.3. The SMILES string of the molecule is Fc1ccc2[nH]c(C(F)(F)F)nc2c1Cl. The summed E-state index contributed by atoms with van der Waals surface area (Å²) in [4.78, 5) is 5.21. The summed E-state index contributed by atoms with van der Waals surface area (Å²) in [5.74, 6) is -1.99. The minimum atomic E-state index is -4.60. The van der Waals surface area contributed by atoms with Gasteiger partial charge in [0.25, 0.3) is 0 Å². The molecule has 2 nitrogen and oxygen atoms in total. The van der Waals surface area contributed by atoms with Crippen LogP contribution in [-0.4, -0.2) is 9.97 Å². The van der Waals surface area contributed by atoms with Crippen molar-refractivity contribution in [2.24, 2.45) is 0 Å². The van der Waals surface area contributed by atoms with E-state index in [1.807, 2.05) is 4.98 Å². The monoisotopic (exact) mass is 238 g/mol. The Kier molecular flexibility index (Phi) is 2.11. The number of benzene rings is 1. The lowest BCUT2D eigenvalue weighted by molar-refractivity contribution is -0.144. The van der Waals surface area contributed by atoms with Crippen LogP contribution in [0.5, 0.6) is 0 Å². The van der Waals surface area contributed by atoms with E-state index in [-0.39, 0.29) is 11.0 Å². The molecular weight excluding hydrogens is 236 g/mol. The highest BCUT2D eigenvalue weighted by molar-refractivity contribution is 6.35. The molecule has 7 heteroatoms. The summed E-state index contributed by atoms with van der Waals surface area (Å²) in [6.45, 7) is 0. The number of alkyl halides is 3. The zero-order valence-corrected chi connectivity index (χ0v) is 7.75. The molecule has 1 aromatic carbocycles. The van der Waals surface area contributed by atoms with Crippen LogP contribution in [0.25, 0.3) is 11.0 Å². The molecule has 0 saturated heterocycles. The molecule has 0 aliphatic rings. The van der Waals surface area contributed by atoms with Crippen LogP contribution in [0.15, 0.2) is 12.1 Å². The van der Waals surface area contributed by atoms with Crippen LogP contribution in [0.1, 0.15) is 5.82 Å². The topological polar surface area (TPSA) is 28.7 Å². The first-order valence-corrected chi connectivity index (χ1v) is 4.18. The fraction of sp³-hybridized carbons (Fsp3) is 0.125. The van der Waals surface area contributed by atoms with E-state index in [1.165, 1.54) is 0 Å². The molecule has 0 unspecified atom stereocenters. The Morgan fingerprint density at radius 1 is 1.27 bits per heavy atom. The van der Waals surface area contributed by atoms with Crippen LogP contribution in [0.2, 0.25) is 5.02 Å². The quantitative estimate of drug-likeness (QED) is 0.701. The first-order chi connectivity index (χ1) is 6.89. The molecule has 0 amide bonds. The first-order valence-electron chi connectivity index (χ1n) is 3.80. The Labute approximate surface area is 85.9 Å². The van der Waals surface area contributed by atoms with Gasteiger partial charge in [0.15, 0.2) is 0 Å². The molecule has 1 N–H and O–H groups in total. The number of fused-ring (bicyclic) bond motifs is 1. The Morgan fingerprint density at radius 3 is 2.53 bits per heavy atom. The van der Waals surface area contributed by atoms with Gasteiger partial charge in [-0.25, -0.2) is 9.37 Å². The zero-order valence-electron chi connectivity index (χ0n) is 6.99. The highest BCUT2D eigenvalue weighted by Crippen LogP contribution is 2.31. The van der Waals surface area contributed by atoms with Gasteiger partial charge in [-0.3, -0.25) is 0 Å². The second kappa shape index (κ2) is 3.10. The normalized spacial score (nSPS) is 12.3. The number of aromatic nitrogens is 2. The number of aromatic amines is 1. The zero-order chi connectivity index (χ0) is 11.2. The van der Waals surface area contributed by atoms with Gasteiger partial charge in [-0.05, 0) is 12.1 Å². The summed E-state index contributed by atoms with van der Waals surface area (Å²) in [7, 11) is 0. The number of H-pyrrole nitrogens is 1. The summed E-state index contributed by atoms with van der Waals surface area (Å²) >= 11 is 5.46. The molecule has 80 valence electrons. The molecular formula is C8H3ClF4N2. The van der Waals surface area contributed by atoms with E-state index in [0.717, 1.165) is 12.1 Å². The third kappa shape index (κ3) is 1.65. The number of nitrogens with zero attached hydrogens (tertiary/aromatic N) is 1. The van der Waals surface area contributed by atoms with E-state index in [0.29, 0.717) is 0 Å². The average Bonchev–Trinajstić information content (AvgIpc) is 2.55. The van der Waals surface area contributed by atoms with Crippen molar-refractivity contribution in [3.63, 3.8) is 0 Å². The second-order valence-electron chi connectivity index (χ2n) is 2.84. The lowest BCUT2D eigenvalue weighted by Crippen LogP contribution is -2.06. The molecule has 2 rings (SSSR count). The van der Waals surface area contributed by atoms with Gasteiger partial charge in [-0.15, -0.1) is 0 Å². The molecule has 0 radical (unpaired) electrons. The van der Waals surface area contributed by atoms with E-state index in [9.17, 15) is 17.6 Å². The summed E-state index contributed by atoms with van der Waals surface area (Å²) in [5.41, 5.74) is -0.169. The van der Waals surface area contributed by atoms with E-state index in [2.05, 4.69) is 4.98 Å². The van der Waals surface area contributed by atoms with Crippen LogP contribution >= 0.6 is 11.6 Å². The molecule has 0 atom stereocenters. The number of halogens is 5. The first kappa shape index (κ1) is 10.2. The standard InChI is InChI=1S/C8H3ClF4N2/c9-5-3(10)1-2-4-6(5)15-7(14-4)8(11,12)13/h1-2H,(H,14,15). The molecule has 15 heavy (non-hydrogen) atoms. The number of hydrogen-bond donors (Lipinski definition) is 1. The van der Waals surface area contributed by atoms with Crippen molar-refractivity contribution in [2.75, 3.05) is 0 Å². The Bertz CT molecular complexity index is 517. The van der Waals surface area contributed by atoms with Crippen molar-refractivity contribution in [3.8, 4) is 0 Å². The molecule has 0 bridgehead atoms. The largest absolute Gasteiger partial charge is 0.449 e. The minimum absolute atomic E-state index is 0.0497. The summed E-state index contributed by atoms with van der Waals surface area (Å²) in [6, 6.07) is 2.13. The van der Waals surface area contributed by atoms with E-state index >= 15 is 0 Å². The fourth-order valence-corrected chi connectivity index (χ4v) is 1.36. The molecule has 0 saturated carbocycles. The summed E-state index contributed by atoms with van der Waals surface area (Å²) in [5, 5.41) is -0.417. The van der Waals surface area contributed by atoms with Gasteiger partial charge in [0.2, 0.25) is 5.82 Å². The van der Waals surface area contributed by atoms with Crippen molar-refractivity contribution in [2.45, 2.75) is 6.18 Å². The average molecular weight is 239 g/mol. The maximum absolute atomic E-state index is 12.9. The van der Waals surface area contributed by atoms with Gasteiger partial charge in [0.1, 0.15) is 16.4 Å². The van der Waals surface area contributed by atoms with Crippen LogP contribution in [-0.2, 0) is 6.18 Å². The number of hydrogen-bond acceptors (Lipinski definition) is 1. The fourth-order valence-electron chi connectivity index (χ4n) is 1.15. The second-order valence-corrected chi connectivity index (χ2v) is 3.22. The van der Waals surface area contributed by atoms with Crippen LogP contribution in [0.4, 0.5) is 17.6 Å². The molecule has 1 heterocycles. The third-order valence-electron chi connectivity index (χ3n) is 1.81. The van der Waals surface area contributed by atoms with Crippen LogP contribution < -0.4 is 0 Å². The van der Waals surface area contributed by atoms with E-state index < -0.39 is 22.8 Å². The number of rotatable bonds is 0. The maximum atomic E-state index is 12.9. The van der Waals surface area contributed by atoms with Gasteiger partial charge in [-0.2, -0.15) is 13.2 Å². The molecule has 1 aromatic heterocycles. The van der Waals surface area contributed by atoms with Crippen molar-refractivity contribution < 1.29 is 17.6 Å². The number of imidazole rings is 1. The Morgan fingerprint density at radius 2 is 1.93 bits per heavy atom. The third-order valence-corrected chi connectivity index (χ3v) is 2.17. The smallest absolute Gasteiger partial charge is 0.334 e. The molecule has 0 aliphatic carbocycles. The molecule has 0 fully saturated rings. The minimum Gasteiger partial charge on any atom is -0.334 e. The predicted molar refractivity (Wildman–Crippen MR) is 46.1 cm³/mol. The van der Waals surface area contributed by atoms with Gasteiger partial charge in [-0.1, -0.05) is 11.6 Å². The van der Waals surface area contributed by atoms with E-state index in [4.69, 9.17) is 11.6 Å². The lowest BCUT2D eigenvalue weighted by Gasteiger charge is -1.98.